The third kappa shape index (κ3) is 3.38. The van der Waals surface area contributed by atoms with Crippen LogP contribution in [0.2, 0.25) is 0 Å². The quantitative estimate of drug-likeness (QED) is 0.789. The van der Waals surface area contributed by atoms with Gasteiger partial charge in [0, 0.05) is 24.1 Å². The van der Waals surface area contributed by atoms with Crippen LogP contribution in [-0.4, -0.2) is 29.2 Å². The second-order valence-corrected chi connectivity index (χ2v) is 10.5. The van der Waals surface area contributed by atoms with E-state index in [4.69, 9.17) is 10.7 Å². The van der Waals surface area contributed by atoms with Crippen molar-refractivity contribution in [1.29, 1.82) is 0 Å². The van der Waals surface area contributed by atoms with Gasteiger partial charge in [0.05, 0.1) is 12.0 Å². The van der Waals surface area contributed by atoms with Crippen molar-refractivity contribution in [1.82, 2.24) is 4.90 Å². The number of carbonyl (C=O) groups excluding carboxylic acids is 1. The van der Waals surface area contributed by atoms with Gasteiger partial charge in [-0.2, -0.15) is 0 Å². The third-order valence-electron chi connectivity index (χ3n) is 4.96. The highest BCUT2D eigenvalue weighted by Crippen LogP contribution is 2.48. The minimum absolute atomic E-state index is 0.00494. The fourth-order valence-corrected chi connectivity index (χ4v) is 3.88. The van der Waals surface area contributed by atoms with E-state index in [-0.39, 0.29) is 34.1 Å². The molecule has 0 spiro atoms. The highest BCUT2D eigenvalue weighted by Gasteiger charge is 2.47. The molecule has 1 amide bonds. The molecule has 4 heteroatoms. The van der Waals surface area contributed by atoms with Gasteiger partial charge in [-0.3, -0.25) is 9.79 Å². The maximum atomic E-state index is 11.9. The molecule has 2 aliphatic rings. The predicted molar refractivity (Wildman–Crippen MR) is 101 cm³/mol. The normalized spacial score (nSPS) is 25.7. The predicted octanol–water partition coefficient (Wildman–Crippen LogP) is 3.97. The Bertz CT molecular complexity index is 594. The Hall–Kier alpha value is -1.32. The Kier molecular flexibility index (Phi) is 4.44. The number of nitrogens with zero attached hydrogens (tertiary/aromatic N) is 2. The molecule has 136 valence electrons. The number of fused-ring (bicyclic) bond motifs is 1. The molecule has 0 aromatic heterocycles. The highest BCUT2D eigenvalue weighted by atomic mass is 16.1. The molecule has 4 nitrogen and oxygen atoms in total. The number of hydrogen-bond acceptors (Lipinski definition) is 3. The Morgan fingerprint density at radius 2 is 1.58 bits per heavy atom. The van der Waals surface area contributed by atoms with Crippen molar-refractivity contribution in [2.75, 3.05) is 6.54 Å². The Morgan fingerprint density at radius 1 is 1.04 bits per heavy atom. The van der Waals surface area contributed by atoms with Gasteiger partial charge in [-0.15, -0.1) is 0 Å². The van der Waals surface area contributed by atoms with Gasteiger partial charge in [0.2, 0.25) is 5.91 Å². The smallest absolute Gasteiger partial charge is 0.222 e. The maximum absolute atomic E-state index is 11.9. The van der Waals surface area contributed by atoms with E-state index in [0.29, 0.717) is 6.54 Å². The molecule has 2 rings (SSSR count). The van der Waals surface area contributed by atoms with Crippen molar-refractivity contribution in [3.8, 4) is 0 Å². The molecule has 0 aromatic rings. The monoisotopic (exact) mass is 333 g/mol. The van der Waals surface area contributed by atoms with Crippen molar-refractivity contribution < 1.29 is 4.79 Å². The van der Waals surface area contributed by atoms with Crippen molar-refractivity contribution >= 4 is 11.7 Å². The number of hydrogen-bond donors (Lipinski definition) is 1. The standard InChI is InChI=1S/C20H35N3O/c1-18(2,3)14-13-10-12(16(21)24)11-23(13)17(20(7,8)9)22-15(14)19(4,5)6/h12,15H,10-11H2,1-9H3,(H2,21,24)/t12-,15-/m1/s1. The second-order valence-electron chi connectivity index (χ2n) is 10.5. The van der Waals surface area contributed by atoms with Gasteiger partial charge in [0.15, 0.2) is 0 Å². The van der Waals surface area contributed by atoms with Crippen molar-refractivity contribution in [2.24, 2.45) is 32.9 Å². The average molecular weight is 334 g/mol. The lowest BCUT2D eigenvalue weighted by Gasteiger charge is -2.45. The minimum atomic E-state index is -0.203. The van der Waals surface area contributed by atoms with E-state index in [2.05, 4.69) is 67.2 Å². The van der Waals surface area contributed by atoms with Crippen LogP contribution in [0.1, 0.15) is 68.7 Å². The van der Waals surface area contributed by atoms with Crippen LogP contribution in [0, 0.1) is 22.2 Å². The fourth-order valence-electron chi connectivity index (χ4n) is 3.88. The van der Waals surface area contributed by atoms with Gasteiger partial charge in [0.1, 0.15) is 5.84 Å². The molecule has 2 aliphatic heterocycles. The second kappa shape index (κ2) is 5.60. The number of carbonyl (C=O) groups is 1. The lowest BCUT2D eigenvalue weighted by atomic mass is 9.70. The molecule has 24 heavy (non-hydrogen) atoms. The first kappa shape index (κ1) is 19.0. The van der Waals surface area contributed by atoms with Crippen LogP contribution < -0.4 is 5.73 Å². The van der Waals surface area contributed by atoms with E-state index in [1.807, 2.05) is 0 Å². The van der Waals surface area contributed by atoms with Crippen molar-refractivity contribution in [3.05, 3.63) is 11.3 Å². The summed E-state index contributed by atoms with van der Waals surface area (Å²) in [5.41, 5.74) is 8.28. The van der Waals surface area contributed by atoms with Gasteiger partial charge in [-0.1, -0.05) is 62.3 Å². The number of amidine groups is 1. The zero-order valence-corrected chi connectivity index (χ0v) is 16.9. The molecule has 0 aliphatic carbocycles. The topological polar surface area (TPSA) is 58.7 Å². The molecule has 0 aromatic carbocycles. The third-order valence-corrected chi connectivity index (χ3v) is 4.96. The molecular weight excluding hydrogens is 298 g/mol. The zero-order chi connectivity index (χ0) is 18.7. The van der Waals surface area contributed by atoms with E-state index in [1.54, 1.807) is 0 Å². The molecule has 1 fully saturated rings. The molecule has 1 saturated heterocycles. The van der Waals surface area contributed by atoms with Gasteiger partial charge in [0.25, 0.3) is 0 Å². The first-order valence-electron chi connectivity index (χ1n) is 9.02. The summed E-state index contributed by atoms with van der Waals surface area (Å²) in [6.45, 7) is 20.8. The molecule has 0 unspecified atom stereocenters. The average Bonchev–Trinajstić information content (AvgIpc) is 2.76. The SMILES string of the molecule is CC(C)(C)C1=N[C@@H](C(C)(C)C)C(C(C)(C)C)=C2C[C@@H](C(N)=O)CN12. The number of rotatable bonds is 1. The van der Waals surface area contributed by atoms with Crippen LogP contribution in [0.3, 0.4) is 0 Å². The molecule has 2 atom stereocenters. The lowest BCUT2D eigenvalue weighted by molar-refractivity contribution is -0.121. The van der Waals surface area contributed by atoms with E-state index >= 15 is 0 Å². The number of nitrogens with two attached hydrogens (primary N) is 1. The largest absolute Gasteiger partial charge is 0.369 e. The van der Waals surface area contributed by atoms with Crippen LogP contribution in [0.25, 0.3) is 0 Å². The lowest BCUT2D eigenvalue weighted by Crippen LogP contribution is -2.47. The van der Waals surface area contributed by atoms with Crippen LogP contribution >= 0.6 is 0 Å². The molecule has 2 heterocycles. The molecular formula is C20H35N3O. The van der Waals surface area contributed by atoms with Crippen molar-refractivity contribution in [2.45, 2.75) is 74.8 Å². The Morgan fingerprint density at radius 3 is 1.96 bits per heavy atom. The summed E-state index contributed by atoms with van der Waals surface area (Å²) in [6.07, 6.45) is 0.740. The van der Waals surface area contributed by atoms with Crippen LogP contribution in [0.5, 0.6) is 0 Å². The van der Waals surface area contributed by atoms with Gasteiger partial charge >= 0.3 is 0 Å². The summed E-state index contributed by atoms with van der Waals surface area (Å²) < 4.78 is 0. The number of amides is 1. The number of aliphatic imine (C=N–C) groups is 1. The number of allylic oxidation sites excluding steroid dienone is 1. The maximum Gasteiger partial charge on any atom is 0.222 e. The van der Waals surface area contributed by atoms with Crippen LogP contribution in [-0.2, 0) is 4.79 Å². The highest BCUT2D eigenvalue weighted by molar-refractivity contribution is 5.92. The van der Waals surface area contributed by atoms with Crippen LogP contribution in [0.15, 0.2) is 16.3 Å². The minimum Gasteiger partial charge on any atom is -0.369 e. The van der Waals surface area contributed by atoms with Gasteiger partial charge in [-0.05, 0) is 16.4 Å². The van der Waals surface area contributed by atoms with Gasteiger partial charge in [-0.25, -0.2) is 0 Å². The summed E-state index contributed by atoms with van der Waals surface area (Å²) in [7, 11) is 0. The summed E-state index contributed by atoms with van der Waals surface area (Å²) in [5.74, 6) is 0.767. The number of primary amides is 1. The first-order valence-corrected chi connectivity index (χ1v) is 9.02. The summed E-state index contributed by atoms with van der Waals surface area (Å²) >= 11 is 0. The van der Waals surface area contributed by atoms with Crippen LogP contribution in [0.4, 0.5) is 0 Å². The van der Waals surface area contributed by atoms with Gasteiger partial charge < -0.3 is 10.6 Å². The first-order chi connectivity index (χ1) is 10.6. The summed E-state index contributed by atoms with van der Waals surface area (Å²) in [5, 5.41) is 0. The molecule has 0 saturated carbocycles. The van der Waals surface area contributed by atoms with Crippen molar-refractivity contribution in [3.63, 3.8) is 0 Å². The Balaban J connectivity index is 2.69. The molecule has 0 bridgehead atoms. The van der Waals surface area contributed by atoms with E-state index in [1.165, 1.54) is 11.3 Å². The fraction of sp³-hybridized carbons (Fsp3) is 0.800. The molecule has 0 radical (unpaired) electrons. The van der Waals surface area contributed by atoms with E-state index < -0.39 is 0 Å². The van der Waals surface area contributed by atoms with E-state index in [9.17, 15) is 4.79 Å². The zero-order valence-electron chi connectivity index (χ0n) is 16.9. The Labute approximate surface area is 147 Å². The summed E-state index contributed by atoms with van der Waals surface area (Å²) in [6, 6.07) is 0.129. The molecule has 2 N–H and O–H groups in total. The van der Waals surface area contributed by atoms with E-state index in [0.717, 1.165) is 12.3 Å². The summed E-state index contributed by atoms with van der Waals surface area (Å²) in [4.78, 5) is 19.4.